The van der Waals surface area contributed by atoms with Gasteiger partial charge < -0.3 is 10.1 Å². The minimum Gasteiger partial charge on any atom is -0.447 e. The standard InChI is InChI=1S/C5H5N3O2S/c9-5-6-3(1-10-5)4-2-11-8-7-4/h2-3H,1H2,(H,6,9). The van der Waals surface area contributed by atoms with Crippen molar-refractivity contribution in [3.8, 4) is 0 Å². The van der Waals surface area contributed by atoms with Crippen LogP contribution in [0.4, 0.5) is 4.79 Å². The molecule has 0 spiro atoms. The molecule has 6 heteroatoms. The topological polar surface area (TPSA) is 64.1 Å². The zero-order valence-electron chi connectivity index (χ0n) is 5.48. The second-order valence-electron chi connectivity index (χ2n) is 2.13. The average Bonchev–Trinajstić information content (AvgIpc) is 2.55. The van der Waals surface area contributed by atoms with Crippen LogP contribution in [0.5, 0.6) is 0 Å². The molecule has 1 N–H and O–H groups in total. The highest BCUT2D eigenvalue weighted by molar-refractivity contribution is 7.03. The SMILES string of the molecule is O=C1NC(c2csnn2)CO1. The highest BCUT2D eigenvalue weighted by Gasteiger charge is 2.25. The number of amides is 1. The van der Waals surface area contributed by atoms with Gasteiger partial charge in [-0.25, -0.2) is 4.79 Å². The molecule has 5 nitrogen and oxygen atoms in total. The molecule has 1 aromatic rings. The summed E-state index contributed by atoms with van der Waals surface area (Å²) < 4.78 is 8.35. The van der Waals surface area contributed by atoms with Crippen LogP contribution in [0.15, 0.2) is 5.38 Å². The number of hydrogen-bond acceptors (Lipinski definition) is 5. The molecular weight excluding hydrogens is 166 g/mol. The van der Waals surface area contributed by atoms with E-state index in [1.165, 1.54) is 11.5 Å². The molecule has 0 bridgehead atoms. The number of aromatic nitrogens is 2. The Kier molecular flexibility index (Phi) is 1.46. The fourth-order valence-electron chi connectivity index (χ4n) is 0.868. The Morgan fingerprint density at radius 2 is 2.73 bits per heavy atom. The van der Waals surface area contributed by atoms with E-state index < -0.39 is 0 Å². The van der Waals surface area contributed by atoms with Crippen molar-refractivity contribution in [3.63, 3.8) is 0 Å². The van der Waals surface area contributed by atoms with E-state index in [2.05, 4.69) is 19.6 Å². The Morgan fingerprint density at radius 3 is 3.27 bits per heavy atom. The van der Waals surface area contributed by atoms with Gasteiger partial charge in [0.2, 0.25) is 0 Å². The van der Waals surface area contributed by atoms with Gasteiger partial charge in [0, 0.05) is 5.38 Å². The summed E-state index contributed by atoms with van der Waals surface area (Å²) in [5, 5.41) is 8.20. The van der Waals surface area contributed by atoms with E-state index in [0.29, 0.717) is 6.61 Å². The molecule has 0 radical (unpaired) electrons. The van der Waals surface area contributed by atoms with E-state index in [1.54, 1.807) is 5.38 Å². The Hall–Kier alpha value is -1.17. The van der Waals surface area contributed by atoms with Gasteiger partial charge >= 0.3 is 6.09 Å². The normalized spacial score (nSPS) is 22.9. The van der Waals surface area contributed by atoms with Crippen molar-refractivity contribution in [2.24, 2.45) is 0 Å². The van der Waals surface area contributed by atoms with E-state index in [1.807, 2.05) is 0 Å². The van der Waals surface area contributed by atoms with Crippen LogP contribution in [0.1, 0.15) is 11.7 Å². The van der Waals surface area contributed by atoms with Gasteiger partial charge in [-0.2, -0.15) is 0 Å². The molecular formula is C5H5N3O2S. The first kappa shape index (κ1) is 6.53. The second-order valence-corrected chi connectivity index (χ2v) is 2.73. The third kappa shape index (κ3) is 1.16. The molecule has 1 amide bonds. The lowest BCUT2D eigenvalue weighted by Gasteiger charge is -1.98. The summed E-state index contributed by atoms with van der Waals surface area (Å²) in [5.74, 6) is 0. The molecule has 1 saturated heterocycles. The van der Waals surface area contributed by atoms with Crippen LogP contribution in [0.3, 0.4) is 0 Å². The number of alkyl carbamates (subject to hydrolysis) is 1. The number of hydrogen-bond donors (Lipinski definition) is 1. The van der Waals surface area contributed by atoms with Gasteiger partial charge in [-0.05, 0) is 11.5 Å². The molecule has 1 unspecified atom stereocenters. The summed E-state index contributed by atoms with van der Waals surface area (Å²) in [4.78, 5) is 10.6. The Balaban J connectivity index is 2.13. The largest absolute Gasteiger partial charge is 0.447 e. The molecule has 1 aliphatic rings. The van der Waals surface area contributed by atoms with Crippen LogP contribution < -0.4 is 5.32 Å². The van der Waals surface area contributed by atoms with Crippen molar-refractivity contribution in [1.29, 1.82) is 0 Å². The first-order valence-corrected chi connectivity index (χ1v) is 3.90. The van der Waals surface area contributed by atoms with E-state index in [0.717, 1.165) is 5.69 Å². The maximum absolute atomic E-state index is 10.6. The molecule has 1 aliphatic heterocycles. The number of cyclic esters (lactones) is 1. The lowest BCUT2D eigenvalue weighted by Crippen LogP contribution is -2.18. The van der Waals surface area contributed by atoms with Gasteiger partial charge in [-0.15, -0.1) is 5.10 Å². The van der Waals surface area contributed by atoms with Crippen LogP contribution >= 0.6 is 11.5 Å². The van der Waals surface area contributed by atoms with Crippen molar-refractivity contribution < 1.29 is 9.53 Å². The number of ether oxygens (including phenoxy) is 1. The Labute approximate surface area is 66.5 Å². The first-order chi connectivity index (χ1) is 5.36. The Morgan fingerprint density at radius 1 is 1.82 bits per heavy atom. The van der Waals surface area contributed by atoms with Gasteiger partial charge in [0.25, 0.3) is 0 Å². The van der Waals surface area contributed by atoms with Crippen LogP contribution in [0, 0.1) is 0 Å². The van der Waals surface area contributed by atoms with Crippen LogP contribution in [0.2, 0.25) is 0 Å². The minimum absolute atomic E-state index is 0.110. The fourth-order valence-corrected chi connectivity index (χ4v) is 1.38. The number of nitrogens with zero attached hydrogens (tertiary/aromatic N) is 2. The molecule has 1 atom stereocenters. The highest BCUT2D eigenvalue weighted by atomic mass is 32.1. The first-order valence-electron chi connectivity index (χ1n) is 3.06. The number of carbonyl (C=O) groups is 1. The quantitative estimate of drug-likeness (QED) is 0.660. The molecule has 1 aromatic heterocycles. The average molecular weight is 171 g/mol. The Bertz CT molecular complexity index is 261. The van der Waals surface area contributed by atoms with E-state index in [4.69, 9.17) is 0 Å². The third-order valence-electron chi connectivity index (χ3n) is 1.41. The van der Waals surface area contributed by atoms with E-state index in [9.17, 15) is 4.79 Å². The molecule has 0 saturated carbocycles. The summed E-state index contributed by atoms with van der Waals surface area (Å²) in [6.07, 6.45) is -0.386. The summed E-state index contributed by atoms with van der Waals surface area (Å²) >= 11 is 1.26. The fraction of sp³-hybridized carbons (Fsp3) is 0.400. The molecule has 11 heavy (non-hydrogen) atoms. The second kappa shape index (κ2) is 2.46. The van der Waals surface area contributed by atoms with Crippen molar-refractivity contribution in [2.45, 2.75) is 6.04 Å². The van der Waals surface area contributed by atoms with Gasteiger partial charge in [-0.3, -0.25) is 0 Å². The molecule has 0 aromatic carbocycles. The zero-order valence-corrected chi connectivity index (χ0v) is 6.30. The zero-order chi connectivity index (χ0) is 7.68. The number of nitrogens with one attached hydrogen (secondary N) is 1. The van der Waals surface area contributed by atoms with Gasteiger partial charge in [-0.1, -0.05) is 4.49 Å². The summed E-state index contributed by atoms with van der Waals surface area (Å²) in [6, 6.07) is -0.110. The van der Waals surface area contributed by atoms with Gasteiger partial charge in [0.15, 0.2) is 0 Å². The lowest BCUT2D eigenvalue weighted by atomic mass is 10.3. The highest BCUT2D eigenvalue weighted by Crippen LogP contribution is 2.15. The minimum atomic E-state index is -0.386. The van der Waals surface area contributed by atoms with E-state index >= 15 is 0 Å². The molecule has 58 valence electrons. The van der Waals surface area contributed by atoms with Gasteiger partial charge in [0.1, 0.15) is 18.3 Å². The van der Waals surface area contributed by atoms with Crippen molar-refractivity contribution in [1.82, 2.24) is 14.9 Å². The monoisotopic (exact) mass is 171 g/mol. The van der Waals surface area contributed by atoms with Crippen LogP contribution in [0.25, 0.3) is 0 Å². The molecule has 2 rings (SSSR count). The van der Waals surface area contributed by atoms with Crippen molar-refractivity contribution in [2.75, 3.05) is 6.61 Å². The van der Waals surface area contributed by atoms with Gasteiger partial charge in [0.05, 0.1) is 0 Å². The summed E-state index contributed by atoms with van der Waals surface area (Å²) in [7, 11) is 0. The lowest BCUT2D eigenvalue weighted by molar-refractivity contribution is 0.177. The smallest absolute Gasteiger partial charge is 0.407 e. The number of carbonyl (C=O) groups excluding carboxylic acids is 1. The molecule has 2 heterocycles. The summed E-state index contributed by atoms with van der Waals surface area (Å²) in [5.41, 5.74) is 0.765. The van der Waals surface area contributed by atoms with E-state index in [-0.39, 0.29) is 12.1 Å². The maximum atomic E-state index is 10.6. The third-order valence-corrected chi connectivity index (χ3v) is 1.93. The van der Waals surface area contributed by atoms with Crippen LogP contribution in [-0.2, 0) is 4.74 Å². The molecule has 0 aliphatic carbocycles. The predicted molar refractivity (Wildman–Crippen MR) is 37.1 cm³/mol. The maximum Gasteiger partial charge on any atom is 0.407 e. The predicted octanol–water partition coefficient (Wildman–Crippen LogP) is 0.319. The molecule has 1 fully saturated rings. The van der Waals surface area contributed by atoms with Crippen molar-refractivity contribution >= 4 is 17.6 Å². The number of rotatable bonds is 1. The van der Waals surface area contributed by atoms with Crippen molar-refractivity contribution in [3.05, 3.63) is 11.1 Å². The summed E-state index contributed by atoms with van der Waals surface area (Å²) in [6.45, 7) is 0.351. The van der Waals surface area contributed by atoms with Crippen LogP contribution in [-0.4, -0.2) is 22.3 Å².